The Kier molecular flexibility index (Phi) is 6.93. The number of hydrogen-bond donors (Lipinski definition) is 3. The third kappa shape index (κ3) is 5.14. The summed E-state index contributed by atoms with van der Waals surface area (Å²) in [4.78, 5) is 33.3. The zero-order valence-corrected chi connectivity index (χ0v) is 22.5. The highest BCUT2D eigenvalue weighted by atomic mass is 19.4. The molecule has 1 amide bonds. The number of piperidine rings is 1. The van der Waals surface area contributed by atoms with Crippen LogP contribution in [-0.2, 0) is 17.6 Å². The monoisotopic (exact) mass is 558 g/mol. The van der Waals surface area contributed by atoms with E-state index in [2.05, 4.69) is 34.9 Å². The van der Waals surface area contributed by atoms with Crippen LogP contribution in [0.5, 0.6) is 0 Å². The molecule has 3 N–H and O–H groups in total. The van der Waals surface area contributed by atoms with Gasteiger partial charge in [0.15, 0.2) is 23.5 Å². The van der Waals surface area contributed by atoms with Gasteiger partial charge in [0, 0.05) is 18.6 Å². The van der Waals surface area contributed by atoms with Crippen molar-refractivity contribution in [3.05, 3.63) is 41.2 Å². The van der Waals surface area contributed by atoms with Gasteiger partial charge in [-0.1, -0.05) is 18.6 Å². The molecular formula is C27H33F3N8O2. The van der Waals surface area contributed by atoms with E-state index in [1.54, 1.807) is 0 Å². The Bertz CT molecular complexity index is 1390. The number of halogens is 3. The van der Waals surface area contributed by atoms with E-state index in [-0.39, 0.29) is 12.1 Å². The Morgan fingerprint density at radius 1 is 1.10 bits per heavy atom. The van der Waals surface area contributed by atoms with Crippen molar-refractivity contribution in [1.82, 2.24) is 30.3 Å². The first-order valence-electron chi connectivity index (χ1n) is 13.9. The molecule has 3 atom stereocenters. The Morgan fingerprint density at radius 2 is 1.88 bits per heavy atom. The number of carbonyl (C=O) groups excluding carboxylic acids is 1. The number of carbonyl (C=O) groups is 1. The Labute approximate surface area is 229 Å². The second-order valence-electron chi connectivity index (χ2n) is 11.0. The fourth-order valence-corrected chi connectivity index (χ4v) is 5.70. The first kappa shape index (κ1) is 26.6. The van der Waals surface area contributed by atoms with Gasteiger partial charge in [-0.15, -0.1) is 5.48 Å². The lowest BCUT2D eigenvalue weighted by Gasteiger charge is -2.34. The van der Waals surface area contributed by atoms with E-state index in [1.807, 2.05) is 4.57 Å². The number of nitrogens with zero attached hydrogens (tertiary/aromatic N) is 5. The van der Waals surface area contributed by atoms with Crippen molar-refractivity contribution in [1.29, 1.82) is 0 Å². The van der Waals surface area contributed by atoms with Crippen LogP contribution in [0.25, 0.3) is 11.2 Å². The zero-order valence-electron chi connectivity index (χ0n) is 22.5. The lowest BCUT2D eigenvalue weighted by molar-refractivity contribution is -0.137. The molecule has 0 spiro atoms. The largest absolute Gasteiger partial charge is 0.427 e. The molecule has 6 rings (SSSR count). The topological polar surface area (TPSA) is 109 Å². The molecule has 10 nitrogen and oxygen atoms in total. The maximum Gasteiger partial charge on any atom is 0.427 e. The molecule has 1 aliphatic carbocycles. The molecule has 3 aromatic rings. The van der Waals surface area contributed by atoms with Crippen LogP contribution in [0.3, 0.4) is 0 Å². The number of imidazole rings is 1. The summed E-state index contributed by atoms with van der Waals surface area (Å²) in [7, 11) is 0. The van der Waals surface area contributed by atoms with E-state index < -0.39 is 24.0 Å². The van der Waals surface area contributed by atoms with E-state index in [0.717, 1.165) is 50.8 Å². The van der Waals surface area contributed by atoms with Crippen LogP contribution < -0.4 is 21.0 Å². The van der Waals surface area contributed by atoms with Crippen LogP contribution in [0.15, 0.2) is 24.3 Å². The van der Waals surface area contributed by atoms with Crippen molar-refractivity contribution in [3.63, 3.8) is 0 Å². The number of rotatable bonds is 7. The quantitative estimate of drug-likeness (QED) is 0.367. The molecule has 0 radical (unpaired) electrons. The summed E-state index contributed by atoms with van der Waals surface area (Å²) in [5.74, 6) is 2.08. The van der Waals surface area contributed by atoms with Gasteiger partial charge in [0.25, 0.3) is 0 Å². The molecule has 2 aromatic heterocycles. The van der Waals surface area contributed by atoms with Gasteiger partial charge >= 0.3 is 12.3 Å². The van der Waals surface area contributed by atoms with Gasteiger partial charge in [0.1, 0.15) is 5.52 Å². The van der Waals surface area contributed by atoms with Crippen LogP contribution in [0, 0.1) is 5.92 Å². The van der Waals surface area contributed by atoms with E-state index >= 15 is 0 Å². The number of hydrogen-bond acceptors (Lipinski definition) is 8. The lowest BCUT2D eigenvalue weighted by atomic mass is 9.80. The number of benzene rings is 1. The molecule has 0 bridgehead atoms. The van der Waals surface area contributed by atoms with Gasteiger partial charge in [-0.3, -0.25) is 5.32 Å². The van der Waals surface area contributed by atoms with Crippen LogP contribution in [-0.4, -0.2) is 44.2 Å². The van der Waals surface area contributed by atoms with Gasteiger partial charge in [-0.2, -0.15) is 18.2 Å². The Balaban J connectivity index is 1.47. The highest BCUT2D eigenvalue weighted by Crippen LogP contribution is 2.36. The normalized spacial score (nSPS) is 22.6. The van der Waals surface area contributed by atoms with Gasteiger partial charge in [-0.25, -0.2) is 14.8 Å². The molecule has 3 fully saturated rings. The number of aromatic nitrogens is 4. The van der Waals surface area contributed by atoms with Crippen molar-refractivity contribution in [3.8, 4) is 0 Å². The summed E-state index contributed by atoms with van der Waals surface area (Å²) in [6, 6.07) is 5.60. The second-order valence-corrected chi connectivity index (χ2v) is 11.0. The molecule has 2 unspecified atom stereocenters. The molecule has 3 aliphatic rings. The lowest BCUT2D eigenvalue weighted by Crippen LogP contribution is -2.39. The van der Waals surface area contributed by atoms with E-state index in [9.17, 15) is 18.0 Å². The molecule has 1 aromatic carbocycles. The third-order valence-corrected chi connectivity index (χ3v) is 8.29. The average Bonchev–Trinajstić information content (AvgIpc) is 3.47. The van der Waals surface area contributed by atoms with E-state index in [0.29, 0.717) is 46.8 Å². The molecule has 4 heterocycles. The summed E-state index contributed by atoms with van der Waals surface area (Å²) in [6.45, 7) is 5.39. The smallest absolute Gasteiger partial charge is 0.365 e. The predicted molar refractivity (Wildman–Crippen MR) is 142 cm³/mol. The number of fused-ring (bicyclic) bond motifs is 1. The third-order valence-electron chi connectivity index (χ3n) is 8.29. The average molecular weight is 559 g/mol. The van der Waals surface area contributed by atoms with Crippen molar-refractivity contribution < 1.29 is 22.8 Å². The number of amides is 1. The minimum Gasteiger partial charge on any atom is -0.365 e. The Hall–Kier alpha value is -3.61. The van der Waals surface area contributed by atoms with Crippen LogP contribution >= 0.6 is 0 Å². The second kappa shape index (κ2) is 10.4. The van der Waals surface area contributed by atoms with Gasteiger partial charge in [-0.05, 0) is 69.6 Å². The standard InChI is InChI=1S/C27H33F3N8O2/c1-15-6-3-4-13-37(15)25-34-22-20(38(25)14-17-9-11-19(12-10-17)27(28,29)30)21(31-16(2)18-7-5-8-18)32-23(33-22)24-35-26(39)40-36-24/h9-12,15-16,18,24,36H,3-8,13-14H2,1-2H3,(H,35,39)(H,31,32,33)/t15?,16-,24?/m1/s1. The molecule has 1 saturated carbocycles. The Morgan fingerprint density at radius 3 is 2.50 bits per heavy atom. The maximum atomic E-state index is 13.2. The molecule has 13 heteroatoms. The van der Waals surface area contributed by atoms with Crippen LogP contribution in [0.2, 0.25) is 0 Å². The summed E-state index contributed by atoms with van der Waals surface area (Å²) in [5.41, 5.74) is 3.75. The molecule has 214 valence electrons. The first-order valence-corrected chi connectivity index (χ1v) is 13.9. The summed E-state index contributed by atoms with van der Waals surface area (Å²) in [5, 5.41) is 6.23. The van der Waals surface area contributed by atoms with Crippen molar-refractivity contribution in [2.45, 2.75) is 83.3 Å². The minimum absolute atomic E-state index is 0.133. The van der Waals surface area contributed by atoms with E-state index in [4.69, 9.17) is 19.8 Å². The van der Waals surface area contributed by atoms with E-state index in [1.165, 1.54) is 18.6 Å². The van der Waals surface area contributed by atoms with Crippen molar-refractivity contribution in [2.75, 3.05) is 16.8 Å². The summed E-state index contributed by atoms with van der Waals surface area (Å²) in [6.07, 6.45) is 0.842. The van der Waals surface area contributed by atoms with Crippen LogP contribution in [0.1, 0.15) is 75.5 Å². The molecule has 40 heavy (non-hydrogen) atoms. The van der Waals surface area contributed by atoms with Gasteiger partial charge in [0.2, 0.25) is 5.95 Å². The predicted octanol–water partition coefficient (Wildman–Crippen LogP) is 5.12. The highest BCUT2D eigenvalue weighted by molar-refractivity contribution is 5.86. The maximum absolute atomic E-state index is 13.2. The molecule has 2 aliphatic heterocycles. The fraction of sp³-hybridized carbons (Fsp3) is 0.556. The van der Waals surface area contributed by atoms with Gasteiger partial charge < -0.3 is 19.6 Å². The van der Waals surface area contributed by atoms with Crippen molar-refractivity contribution in [2.24, 2.45) is 5.92 Å². The number of alkyl halides is 3. The first-order chi connectivity index (χ1) is 19.2. The highest BCUT2D eigenvalue weighted by Gasteiger charge is 2.33. The SMILES string of the molecule is CC1CCCCN1c1nc2nc(C3NOC(=O)N3)nc(N[C@H](C)C3CCC3)c2n1Cc1ccc(C(F)(F)F)cc1. The molecule has 2 saturated heterocycles. The zero-order chi connectivity index (χ0) is 28.0. The van der Waals surface area contributed by atoms with Gasteiger partial charge in [0.05, 0.1) is 12.1 Å². The number of anilines is 2. The fourth-order valence-electron chi connectivity index (χ4n) is 5.70. The molecular weight excluding hydrogens is 525 g/mol. The van der Waals surface area contributed by atoms with Crippen LogP contribution in [0.4, 0.5) is 29.7 Å². The number of nitrogens with one attached hydrogen (secondary N) is 3. The summed E-state index contributed by atoms with van der Waals surface area (Å²) >= 11 is 0. The number of hydroxylamine groups is 1. The summed E-state index contributed by atoms with van der Waals surface area (Å²) < 4.78 is 41.7. The minimum atomic E-state index is -4.40. The van der Waals surface area contributed by atoms with Crippen molar-refractivity contribution >= 4 is 29.0 Å².